The van der Waals surface area contributed by atoms with E-state index in [-0.39, 0.29) is 5.91 Å². The average Bonchev–Trinajstić information content (AvgIpc) is 3.27. The number of nitrogens with one attached hydrogen (secondary N) is 1. The fraction of sp³-hybridized carbons (Fsp3) is 0.261. The van der Waals surface area contributed by atoms with Gasteiger partial charge < -0.3 is 20.7 Å². The smallest absolute Gasteiger partial charge is 0.316 e. The van der Waals surface area contributed by atoms with Gasteiger partial charge in [0.25, 0.3) is 5.91 Å². The van der Waals surface area contributed by atoms with Crippen LogP contribution in [0, 0.1) is 0 Å². The van der Waals surface area contributed by atoms with Gasteiger partial charge in [0.05, 0.1) is 12.8 Å². The second-order valence-corrected chi connectivity index (χ2v) is 8.37. The van der Waals surface area contributed by atoms with Crippen LogP contribution >= 0.6 is 11.3 Å². The van der Waals surface area contributed by atoms with Gasteiger partial charge in [-0.3, -0.25) is 9.69 Å². The van der Waals surface area contributed by atoms with Crippen molar-refractivity contribution in [1.82, 2.24) is 14.8 Å². The van der Waals surface area contributed by atoms with Gasteiger partial charge in [0.1, 0.15) is 10.8 Å². The Morgan fingerprint density at radius 1 is 1.12 bits per heavy atom. The summed E-state index contributed by atoms with van der Waals surface area (Å²) >= 11 is 1.63. The number of piperazine rings is 1. The third-order valence-corrected chi connectivity index (χ3v) is 6.25. The lowest BCUT2D eigenvalue weighted by molar-refractivity contribution is 0.0627. The molecule has 32 heavy (non-hydrogen) atoms. The second kappa shape index (κ2) is 9.80. The molecule has 2 heterocycles. The third kappa shape index (κ3) is 5.24. The number of methoxy groups -OCH3 is 1. The monoisotopic (exact) mass is 451 g/mol. The molecule has 0 atom stereocenters. The first-order valence-corrected chi connectivity index (χ1v) is 11.2. The molecular weight excluding hydrogens is 426 g/mol. The zero-order valence-electron chi connectivity index (χ0n) is 17.8. The van der Waals surface area contributed by atoms with Gasteiger partial charge in [0.15, 0.2) is 0 Å². The molecule has 166 valence electrons. The van der Waals surface area contributed by atoms with E-state index in [1.807, 2.05) is 29.2 Å². The molecule has 1 aromatic heterocycles. The van der Waals surface area contributed by atoms with Crippen LogP contribution in [0.25, 0.3) is 10.6 Å². The van der Waals surface area contributed by atoms with Crippen molar-refractivity contribution in [2.24, 2.45) is 5.73 Å². The number of amides is 3. The number of hydrogen-bond acceptors (Lipinski definition) is 6. The largest absolute Gasteiger partial charge is 0.497 e. The summed E-state index contributed by atoms with van der Waals surface area (Å²) in [6, 6.07) is 14.1. The lowest BCUT2D eigenvalue weighted by atomic mass is 10.1. The van der Waals surface area contributed by atoms with Gasteiger partial charge >= 0.3 is 6.03 Å². The average molecular weight is 452 g/mol. The lowest BCUT2D eigenvalue weighted by Gasteiger charge is -2.34. The number of ether oxygens (including phenoxy) is 1. The van der Waals surface area contributed by atoms with Gasteiger partial charge in [-0.1, -0.05) is 6.07 Å². The molecule has 0 bridgehead atoms. The van der Waals surface area contributed by atoms with Crippen molar-refractivity contribution in [3.63, 3.8) is 0 Å². The zero-order chi connectivity index (χ0) is 22.5. The van der Waals surface area contributed by atoms with E-state index in [0.29, 0.717) is 24.3 Å². The molecule has 1 saturated heterocycles. The van der Waals surface area contributed by atoms with E-state index in [2.05, 4.69) is 15.6 Å². The molecule has 0 spiro atoms. The Hall–Kier alpha value is -3.43. The molecule has 0 saturated carbocycles. The summed E-state index contributed by atoms with van der Waals surface area (Å²) in [5.41, 5.74) is 8.31. The Labute approximate surface area is 190 Å². The van der Waals surface area contributed by atoms with Gasteiger partial charge in [0, 0.05) is 54.9 Å². The first-order valence-electron chi connectivity index (χ1n) is 10.3. The molecule has 1 aliphatic rings. The number of rotatable bonds is 6. The number of carbonyl (C=O) groups is 2. The summed E-state index contributed by atoms with van der Waals surface area (Å²) < 4.78 is 5.21. The number of nitrogens with zero attached hydrogens (tertiary/aromatic N) is 3. The predicted molar refractivity (Wildman–Crippen MR) is 125 cm³/mol. The highest BCUT2D eigenvalue weighted by atomic mass is 32.1. The first-order chi connectivity index (χ1) is 15.5. The first kappa shape index (κ1) is 21.8. The Balaban J connectivity index is 1.32. The van der Waals surface area contributed by atoms with E-state index in [1.54, 1.807) is 42.7 Å². The number of thiazole rings is 1. The van der Waals surface area contributed by atoms with Gasteiger partial charge in [-0.15, -0.1) is 11.3 Å². The minimum absolute atomic E-state index is 0.0479. The Morgan fingerprint density at radius 3 is 2.56 bits per heavy atom. The number of nitrogens with two attached hydrogens (primary N) is 1. The zero-order valence-corrected chi connectivity index (χ0v) is 18.6. The van der Waals surface area contributed by atoms with Crippen LogP contribution in [0.15, 0.2) is 53.9 Å². The number of anilines is 1. The quantitative estimate of drug-likeness (QED) is 0.599. The number of benzene rings is 2. The van der Waals surface area contributed by atoms with Crippen LogP contribution in [0.1, 0.15) is 16.1 Å². The van der Waals surface area contributed by atoms with Crippen molar-refractivity contribution in [3.8, 4) is 16.3 Å². The van der Waals surface area contributed by atoms with Crippen molar-refractivity contribution in [2.45, 2.75) is 6.54 Å². The summed E-state index contributed by atoms with van der Waals surface area (Å²) in [4.78, 5) is 32.8. The summed E-state index contributed by atoms with van der Waals surface area (Å²) in [5.74, 6) is 0.780. The normalized spacial score (nSPS) is 14.2. The van der Waals surface area contributed by atoms with E-state index in [9.17, 15) is 9.59 Å². The molecule has 0 radical (unpaired) electrons. The third-order valence-electron chi connectivity index (χ3n) is 5.31. The Kier molecular flexibility index (Phi) is 6.67. The number of aromatic nitrogens is 1. The van der Waals surface area contributed by atoms with E-state index in [1.165, 1.54) is 0 Å². The van der Waals surface area contributed by atoms with Crippen LogP contribution in [0.3, 0.4) is 0 Å². The van der Waals surface area contributed by atoms with Crippen molar-refractivity contribution in [3.05, 3.63) is 65.2 Å². The molecule has 1 fully saturated rings. The van der Waals surface area contributed by atoms with Crippen LogP contribution in [0.2, 0.25) is 0 Å². The molecular formula is C23H25N5O3S. The minimum Gasteiger partial charge on any atom is -0.497 e. The summed E-state index contributed by atoms with van der Waals surface area (Å²) in [6.45, 7) is 3.59. The second-order valence-electron chi connectivity index (χ2n) is 7.51. The Morgan fingerprint density at radius 2 is 1.88 bits per heavy atom. The molecule has 1 aliphatic heterocycles. The fourth-order valence-electron chi connectivity index (χ4n) is 3.64. The lowest BCUT2D eigenvalue weighted by Crippen LogP contribution is -2.48. The summed E-state index contributed by atoms with van der Waals surface area (Å²) in [7, 11) is 1.65. The summed E-state index contributed by atoms with van der Waals surface area (Å²) in [6.07, 6.45) is 0. The topological polar surface area (TPSA) is 101 Å². The summed E-state index contributed by atoms with van der Waals surface area (Å²) in [5, 5.41) is 5.58. The number of carbonyl (C=O) groups excluding carboxylic acids is 2. The van der Waals surface area contributed by atoms with Crippen molar-refractivity contribution in [1.29, 1.82) is 0 Å². The van der Waals surface area contributed by atoms with Gasteiger partial charge in [-0.05, 0) is 42.5 Å². The van der Waals surface area contributed by atoms with Gasteiger partial charge in [-0.2, -0.15) is 0 Å². The molecule has 3 aromatic rings. The maximum Gasteiger partial charge on any atom is 0.316 e. The molecule has 2 aromatic carbocycles. The SMILES string of the molecule is COc1ccc(-c2nc(CN3CCN(C(=O)c4cccc(NC(N)=O)c4)CC3)cs2)cc1. The highest BCUT2D eigenvalue weighted by Gasteiger charge is 2.23. The highest BCUT2D eigenvalue weighted by Crippen LogP contribution is 2.26. The molecule has 8 nitrogen and oxygen atoms in total. The molecule has 3 N–H and O–H groups in total. The maximum absolute atomic E-state index is 12.9. The highest BCUT2D eigenvalue weighted by molar-refractivity contribution is 7.13. The maximum atomic E-state index is 12.9. The number of hydrogen-bond donors (Lipinski definition) is 2. The molecule has 3 amide bonds. The molecule has 0 aliphatic carbocycles. The van der Waals surface area contributed by atoms with Crippen LogP contribution < -0.4 is 15.8 Å². The molecule has 4 rings (SSSR count). The van der Waals surface area contributed by atoms with Crippen LogP contribution in [-0.2, 0) is 6.54 Å². The van der Waals surface area contributed by atoms with Crippen molar-refractivity contribution >= 4 is 29.0 Å². The predicted octanol–water partition coefficient (Wildman–Crippen LogP) is 3.27. The standard InChI is InChI=1S/C23H25N5O3S/c1-31-20-7-5-16(6-8-20)21-25-19(15-32-21)14-27-9-11-28(12-10-27)22(29)17-3-2-4-18(13-17)26-23(24)30/h2-8,13,15H,9-12,14H2,1H3,(H3,24,26,30). The van der Waals surface area contributed by atoms with Gasteiger partial charge in [-0.25, -0.2) is 9.78 Å². The van der Waals surface area contributed by atoms with E-state index in [4.69, 9.17) is 15.5 Å². The van der Waals surface area contributed by atoms with E-state index >= 15 is 0 Å². The van der Waals surface area contributed by atoms with E-state index < -0.39 is 6.03 Å². The Bertz CT molecular complexity index is 1090. The van der Waals surface area contributed by atoms with Gasteiger partial charge in [0.2, 0.25) is 0 Å². The minimum atomic E-state index is -0.652. The number of urea groups is 1. The number of primary amides is 1. The van der Waals surface area contributed by atoms with Crippen molar-refractivity contribution < 1.29 is 14.3 Å². The van der Waals surface area contributed by atoms with Crippen LogP contribution in [0.4, 0.5) is 10.5 Å². The fourth-order valence-corrected chi connectivity index (χ4v) is 4.46. The molecule has 0 unspecified atom stereocenters. The van der Waals surface area contributed by atoms with Crippen LogP contribution in [-0.4, -0.2) is 60.0 Å². The van der Waals surface area contributed by atoms with Crippen molar-refractivity contribution in [2.75, 3.05) is 38.6 Å². The van der Waals surface area contributed by atoms with E-state index in [0.717, 1.165) is 41.6 Å². The molecule has 9 heteroatoms. The van der Waals surface area contributed by atoms with Crippen LogP contribution in [0.5, 0.6) is 5.75 Å².